The number of imide groups is 1. The number of rotatable bonds is 2. The lowest BCUT2D eigenvalue weighted by molar-refractivity contribution is -0.118. The Kier molecular flexibility index (Phi) is 5.19. The van der Waals surface area contributed by atoms with Crippen LogP contribution in [-0.2, 0) is 4.79 Å². The van der Waals surface area contributed by atoms with Gasteiger partial charge in [0, 0.05) is 5.56 Å². The summed E-state index contributed by atoms with van der Waals surface area (Å²) in [4.78, 5) is 22.1. The van der Waals surface area contributed by atoms with Crippen LogP contribution >= 0.6 is 0 Å². The number of nitrogens with zero attached hydrogens (tertiary/aromatic N) is 2. The Morgan fingerprint density at radius 3 is 2.60 bits per heavy atom. The van der Waals surface area contributed by atoms with E-state index in [9.17, 15) is 19.1 Å². The lowest BCUT2D eigenvalue weighted by Gasteiger charge is -2.06. The van der Waals surface area contributed by atoms with E-state index in [-0.39, 0.29) is 12.1 Å². The number of hydrazone groups is 1. The second kappa shape index (κ2) is 6.65. The first-order valence-electron chi connectivity index (χ1n) is 6.12. The average Bonchev–Trinajstić information content (AvgIpc) is 2.73. The summed E-state index contributed by atoms with van der Waals surface area (Å²) >= 11 is 0. The molecule has 0 saturated carbocycles. The van der Waals surface area contributed by atoms with Gasteiger partial charge in [-0.15, -0.1) is 0 Å². The van der Waals surface area contributed by atoms with Crippen LogP contribution in [0.15, 0.2) is 17.2 Å². The molecule has 7 heteroatoms. The van der Waals surface area contributed by atoms with E-state index >= 15 is 0 Å². The number of aromatic hydroxyl groups is 1. The third-order valence-electron chi connectivity index (χ3n) is 2.35. The molecule has 0 spiro atoms. The standard InChI is InChI=1S/C11H10FN3O3.C2H6/c1-6-2-7(10(17)8(12)3-6)4-13-15-5-9(16)14-11(15)18;1-2/h2-4,17H,5H2,1H3,(H,14,16,18);1-2H3/b13-4+;. The number of amides is 3. The quantitative estimate of drug-likeness (QED) is 0.640. The highest BCUT2D eigenvalue weighted by Crippen LogP contribution is 2.21. The van der Waals surface area contributed by atoms with E-state index in [1.165, 1.54) is 12.1 Å². The van der Waals surface area contributed by atoms with Crippen molar-refractivity contribution in [2.75, 3.05) is 6.54 Å². The maximum absolute atomic E-state index is 13.2. The van der Waals surface area contributed by atoms with E-state index in [4.69, 9.17) is 0 Å². The number of carbonyl (C=O) groups is 2. The van der Waals surface area contributed by atoms with Crippen LogP contribution in [-0.4, -0.2) is 34.8 Å². The number of aryl methyl sites for hydroxylation is 1. The molecule has 0 bridgehead atoms. The topological polar surface area (TPSA) is 82.0 Å². The zero-order chi connectivity index (χ0) is 15.3. The number of nitrogens with one attached hydrogen (secondary N) is 1. The second-order valence-electron chi connectivity index (χ2n) is 3.84. The third kappa shape index (κ3) is 3.53. The van der Waals surface area contributed by atoms with Gasteiger partial charge in [-0.1, -0.05) is 13.8 Å². The first-order chi connectivity index (χ1) is 9.47. The molecule has 1 saturated heterocycles. The fourth-order valence-corrected chi connectivity index (χ4v) is 1.52. The molecule has 0 unspecified atom stereocenters. The molecule has 3 amide bonds. The van der Waals surface area contributed by atoms with Crippen molar-refractivity contribution in [2.24, 2.45) is 5.10 Å². The molecule has 2 N–H and O–H groups in total. The van der Waals surface area contributed by atoms with Crippen LogP contribution in [0, 0.1) is 12.7 Å². The van der Waals surface area contributed by atoms with Crippen molar-refractivity contribution < 1.29 is 19.1 Å². The summed E-state index contributed by atoms with van der Waals surface area (Å²) in [6.45, 7) is 5.47. The van der Waals surface area contributed by atoms with Crippen LogP contribution < -0.4 is 5.32 Å². The molecular formula is C13H16FN3O3. The number of phenolic OH excluding ortho intramolecular Hbond substituents is 1. The number of halogens is 1. The lowest BCUT2D eigenvalue weighted by Crippen LogP contribution is -2.24. The summed E-state index contributed by atoms with van der Waals surface area (Å²) in [5, 5.41) is 16.1. The Labute approximate surface area is 115 Å². The molecule has 1 aromatic rings. The summed E-state index contributed by atoms with van der Waals surface area (Å²) in [5.74, 6) is -1.77. The van der Waals surface area contributed by atoms with E-state index in [0.717, 1.165) is 11.2 Å². The van der Waals surface area contributed by atoms with Crippen molar-refractivity contribution in [1.29, 1.82) is 0 Å². The van der Waals surface area contributed by atoms with Crippen molar-refractivity contribution in [3.63, 3.8) is 0 Å². The highest BCUT2D eigenvalue weighted by atomic mass is 19.1. The first-order valence-corrected chi connectivity index (χ1v) is 6.12. The Morgan fingerprint density at radius 2 is 2.05 bits per heavy atom. The van der Waals surface area contributed by atoms with Crippen LogP contribution in [0.2, 0.25) is 0 Å². The second-order valence-corrected chi connectivity index (χ2v) is 3.84. The fourth-order valence-electron chi connectivity index (χ4n) is 1.52. The zero-order valence-electron chi connectivity index (χ0n) is 11.5. The van der Waals surface area contributed by atoms with E-state index in [2.05, 4.69) is 5.10 Å². The number of carbonyl (C=O) groups excluding carboxylic acids is 2. The summed E-state index contributed by atoms with van der Waals surface area (Å²) in [6.07, 6.45) is 1.13. The van der Waals surface area contributed by atoms with Gasteiger partial charge in [0.2, 0.25) is 5.91 Å². The van der Waals surface area contributed by atoms with Crippen molar-refractivity contribution in [3.8, 4) is 5.75 Å². The molecule has 1 heterocycles. The third-order valence-corrected chi connectivity index (χ3v) is 2.35. The number of hydrogen-bond acceptors (Lipinski definition) is 4. The minimum absolute atomic E-state index is 0.139. The lowest BCUT2D eigenvalue weighted by atomic mass is 10.1. The molecular weight excluding hydrogens is 265 g/mol. The highest BCUT2D eigenvalue weighted by Gasteiger charge is 2.26. The van der Waals surface area contributed by atoms with E-state index in [1.54, 1.807) is 6.92 Å². The largest absolute Gasteiger partial charge is 0.504 e. The van der Waals surface area contributed by atoms with Crippen molar-refractivity contribution in [2.45, 2.75) is 20.8 Å². The summed E-state index contributed by atoms with van der Waals surface area (Å²) in [5.41, 5.74) is 0.744. The van der Waals surface area contributed by atoms with E-state index in [1.807, 2.05) is 19.2 Å². The molecule has 0 atom stereocenters. The van der Waals surface area contributed by atoms with Gasteiger partial charge in [-0.2, -0.15) is 5.10 Å². The predicted molar refractivity (Wildman–Crippen MR) is 72.0 cm³/mol. The Morgan fingerprint density at radius 1 is 1.40 bits per heavy atom. The van der Waals surface area contributed by atoms with Crippen LogP contribution in [0.5, 0.6) is 5.75 Å². The maximum atomic E-state index is 13.2. The molecule has 2 rings (SSSR count). The molecule has 20 heavy (non-hydrogen) atoms. The van der Waals surface area contributed by atoms with Crippen molar-refractivity contribution >= 4 is 18.2 Å². The Bertz CT molecular complexity index is 558. The molecule has 108 valence electrons. The summed E-state index contributed by atoms with van der Waals surface area (Å²) in [6, 6.07) is 2.04. The predicted octanol–water partition coefficient (Wildman–Crippen LogP) is 1.75. The van der Waals surface area contributed by atoms with Crippen LogP contribution in [0.1, 0.15) is 25.0 Å². The van der Waals surface area contributed by atoms with E-state index < -0.39 is 23.5 Å². The number of urea groups is 1. The molecule has 1 aromatic carbocycles. The minimum Gasteiger partial charge on any atom is -0.504 e. The molecule has 6 nitrogen and oxygen atoms in total. The van der Waals surface area contributed by atoms with Gasteiger partial charge in [-0.3, -0.25) is 10.1 Å². The normalized spacial score (nSPS) is 14.3. The molecule has 0 aromatic heterocycles. The monoisotopic (exact) mass is 281 g/mol. The van der Waals surface area contributed by atoms with Crippen molar-refractivity contribution in [3.05, 3.63) is 29.1 Å². The smallest absolute Gasteiger partial charge is 0.344 e. The number of benzene rings is 1. The van der Waals surface area contributed by atoms with Crippen LogP contribution in [0.3, 0.4) is 0 Å². The van der Waals surface area contributed by atoms with Crippen LogP contribution in [0.25, 0.3) is 0 Å². The zero-order valence-corrected chi connectivity index (χ0v) is 11.5. The van der Waals surface area contributed by atoms with Gasteiger partial charge in [0.1, 0.15) is 6.54 Å². The average molecular weight is 281 g/mol. The van der Waals surface area contributed by atoms with Gasteiger partial charge in [0.25, 0.3) is 0 Å². The Hall–Kier alpha value is -2.44. The van der Waals surface area contributed by atoms with E-state index in [0.29, 0.717) is 5.56 Å². The fraction of sp³-hybridized carbons (Fsp3) is 0.308. The summed E-state index contributed by atoms with van der Waals surface area (Å²) in [7, 11) is 0. The Balaban J connectivity index is 0.000000956. The SMILES string of the molecule is CC.Cc1cc(F)c(O)c(/C=N/N2CC(=O)NC2=O)c1. The molecule has 0 aliphatic carbocycles. The van der Waals surface area contributed by atoms with Gasteiger partial charge in [0.15, 0.2) is 11.6 Å². The minimum atomic E-state index is -0.765. The first kappa shape index (κ1) is 15.6. The highest BCUT2D eigenvalue weighted by molar-refractivity contribution is 6.02. The number of hydrogen-bond donors (Lipinski definition) is 2. The molecule has 0 radical (unpaired) electrons. The van der Waals surface area contributed by atoms with Gasteiger partial charge in [-0.05, 0) is 24.6 Å². The summed E-state index contributed by atoms with van der Waals surface area (Å²) < 4.78 is 13.2. The van der Waals surface area contributed by atoms with Gasteiger partial charge in [-0.25, -0.2) is 14.2 Å². The van der Waals surface area contributed by atoms with Gasteiger partial charge >= 0.3 is 6.03 Å². The van der Waals surface area contributed by atoms with Crippen LogP contribution in [0.4, 0.5) is 9.18 Å². The maximum Gasteiger partial charge on any atom is 0.344 e. The molecule has 1 aliphatic rings. The molecule has 1 fully saturated rings. The number of phenols is 1. The van der Waals surface area contributed by atoms with Gasteiger partial charge < -0.3 is 5.11 Å². The molecule has 1 aliphatic heterocycles. The van der Waals surface area contributed by atoms with Gasteiger partial charge in [0.05, 0.1) is 6.21 Å². The van der Waals surface area contributed by atoms with Crippen molar-refractivity contribution in [1.82, 2.24) is 10.3 Å².